The summed E-state index contributed by atoms with van der Waals surface area (Å²) in [5, 5.41) is 8.06. The fourth-order valence-corrected chi connectivity index (χ4v) is 5.14. The van der Waals surface area contributed by atoms with Crippen molar-refractivity contribution >= 4 is 67.6 Å². The summed E-state index contributed by atoms with van der Waals surface area (Å²) < 4.78 is 35.7. The van der Waals surface area contributed by atoms with Crippen LogP contribution in [0.5, 0.6) is 11.5 Å². The van der Waals surface area contributed by atoms with Crippen LogP contribution in [0.25, 0.3) is 11.3 Å². The maximum Gasteiger partial charge on any atom is 0.339 e. The Morgan fingerprint density at radius 2 is 1.71 bits per heavy atom. The molecule has 0 aliphatic heterocycles. The zero-order valence-corrected chi connectivity index (χ0v) is 21.8. The van der Waals surface area contributed by atoms with Gasteiger partial charge in [-0.15, -0.1) is 11.3 Å². The predicted molar refractivity (Wildman–Crippen MR) is 141 cm³/mol. The number of hydrogen-bond donors (Lipinski definition) is 1. The molecule has 0 aliphatic rings. The predicted octanol–water partition coefficient (Wildman–Crippen LogP) is 6.99. The average Bonchev–Trinajstić information content (AvgIpc) is 3.28. The highest BCUT2D eigenvalue weighted by Gasteiger charge is 2.19. The molecule has 0 fully saturated rings. The van der Waals surface area contributed by atoms with Crippen molar-refractivity contribution in [2.75, 3.05) is 12.5 Å². The number of benzene rings is 3. The number of halogens is 3. The van der Waals surface area contributed by atoms with Crippen molar-refractivity contribution in [3.05, 3.63) is 86.7 Å². The number of thiazole rings is 1. The lowest BCUT2D eigenvalue weighted by molar-refractivity contribution is 0.390. The number of rotatable bonds is 8. The topological polar surface area (TPSA) is 89.9 Å². The molecule has 0 saturated heterocycles. The third-order valence-electron chi connectivity index (χ3n) is 4.57. The molecule has 1 heterocycles. The first-order chi connectivity index (χ1) is 16.7. The van der Waals surface area contributed by atoms with Crippen molar-refractivity contribution in [2.24, 2.45) is 5.10 Å². The molecule has 4 aromatic rings. The Labute approximate surface area is 221 Å². The van der Waals surface area contributed by atoms with E-state index in [1.165, 1.54) is 55.0 Å². The van der Waals surface area contributed by atoms with E-state index >= 15 is 0 Å². The Hall–Kier alpha value is -2.82. The van der Waals surface area contributed by atoms with Gasteiger partial charge in [-0.25, -0.2) is 4.98 Å². The van der Waals surface area contributed by atoms with Crippen LogP contribution in [0.15, 0.2) is 76.0 Å². The number of ether oxygens (including phenoxy) is 1. The maximum absolute atomic E-state index is 12.6. The van der Waals surface area contributed by atoms with Gasteiger partial charge < -0.3 is 8.92 Å². The lowest BCUT2D eigenvalue weighted by Crippen LogP contribution is -2.10. The molecule has 0 bridgehead atoms. The van der Waals surface area contributed by atoms with Crippen molar-refractivity contribution in [2.45, 2.75) is 4.90 Å². The van der Waals surface area contributed by atoms with Crippen LogP contribution in [-0.2, 0) is 10.1 Å². The second-order valence-electron chi connectivity index (χ2n) is 6.93. The summed E-state index contributed by atoms with van der Waals surface area (Å²) in [6.07, 6.45) is 1.54. The van der Waals surface area contributed by atoms with Gasteiger partial charge in [0.15, 0.2) is 11.5 Å². The summed E-state index contributed by atoms with van der Waals surface area (Å²) in [4.78, 5) is 4.44. The molecular formula is C23H16Cl3N3O4S2. The van der Waals surface area contributed by atoms with Gasteiger partial charge in [-0.1, -0.05) is 34.8 Å². The second-order valence-corrected chi connectivity index (χ2v) is 10.6. The fraction of sp³-hybridized carbons (Fsp3) is 0.0435. The lowest BCUT2D eigenvalue weighted by Gasteiger charge is -2.11. The van der Waals surface area contributed by atoms with Gasteiger partial charge >= 0.3 is 10.1 Å². The van der Waals surface area contributed by atoms with E-state index in [0.717, 1.165) is 5.56 Å². The Kier molecular flexibility index (Phi) is 7.83. The molecule has 35 heavy (non-hydrogen) atoms. The van der Waals surface area contributed by atoms with Crippen LogP contribution < -0.4 is 14.3 Å². The molecule has 0 amide bonds. The normalized spacial score (nSPS) is 11.5. The zero-order chi connectivity index (χ0) is 25.0. The standard InChI is InChI=1S/C23H16Cl3N3O4S2/c1-32-22-10-14(2-9-21(22)33-35(30,31)17-6-3-15(24)4-7-17)12-27-29-23-28-20(13-34-23)18-8-5-16(25)11-19(18)26/h2-13H,1H3,(H,28,29)/b27-12-. The van der Waals surface area contributed by atoms with E-state index in [1.807, 2.05) is 5.38 Å². The number of anilines is 1. The van der Waals surface area contributed by atoms with E-state index in [-0.39, 0.29) is 16.4 Å². The molecule has 12 heteroatoms. The summed E-state index contributed by atoms with van der Waals surface area (Å²) >= 11 is 19.4. The summed E-state index contributed by atoms with van der Waals surface area (Å²) in [6.45, 7) is 0. The minimum Gasteiger partial charge on any atom is -0.493 e. The average molecular weight is 569 g/mol. The fourth-order valence-electron chi connectivity index (χ4n) is 2.91. The van der Waals surface area contributed by atoms with Crippen LogP contribution in [0.3, 0.4) is 0 Å². The van der Waals surface area contributed by atoms with Crippen LogP contribution in [-0.4, -0.2) is 26.7 Å². The van der Waals surface area contributed by atoms with Gasteiger partial charge in [-0.05, 0) is 66.2 Å². The molecule has 0 radical (unpaired) electrons. The molecule has 0 aliphatic carbocycles. The van der Waals surface area contributed by atoms with Crippen LogP contribution in [0.1, 0.15) is 5.56 Å². The molecule has 0 unspecified atom stereocenters. The number of hydrazone groups is 1. The van der Waals surface area contributed by atoms with E-state index < -0.39 is 10.1 Å². The van der Waals surface area contributed by atoms with Crippen LogP contribution in [0.2, 0.25) is 15.1 Å². The van der Waals surface area contributed by atoms with Crippen LogP contribution in [0.4, 0.5) is 5.13 Å². The molecule has 0 saturated carbocycles. The third-order valence-corrected chi connectivity index (χ3v) is 7.37. The minimum atomic E-state index is -4.06. The highest BCUT2D eigenvalue weighted by molar-refractivity contribution is 7.87. The van der Waals surface area contributed by atoms with Crippen molar-refractivity contribution in [1.82, 2.24) is 4.98 Å². The number of methoxy groups -OCH3 is 1. The number of hydrogen-bond acceptors (Lipinski definition) is 8. The maximum atomic E-state index is 12.6. The van der Waals surface area contributed by atoms with E-state index in [2.05, 4.69) is 15.5 Å². The van der Waals surface area contributed by atoms with Crippen LogP contribution in [0, 0.1) is 0 Å². The van der Waals surface area contributed by atoms with Gasteiger partial charge in [0, 0.05) is 21.0 Å². The zero-order valence-electron chi connectivity index (χ0n) is 17.9. The molecule has 180 valence electrons. The first-order valence-corrected chi connectivity index (χ1v) is 13.3. The molecule has 4 rings (SSSR count). The summed E-state index contributed by atoms with van der Waals surface area (Å²) in [5.74, 6) is 0.261. The minimum absolute atomic E-state index is 0.0264. The van der Waals surface area contributed by atoms with Gasteiger partial charge in [0.25, 0.3) is 0 Å². The summed E-state index contributed by atoms with van der Waals surface area (Å²) in [5.41, 5.74) is 4.96. The van der Waals surface area contributed by atoms with Crippen LogP contribution >= 0.6 is 46.1 Å². The van der Waals surface area contributed by atoms with Gasteiger partial charge in [0.05, 0.1) is 24.0 Å². The van der Waals surface area contributed by atoms with E-state index in [1.54, 1.807) is 30.3 Å². The Morgan fingerprint density at radius 1 is 0.971 bits per heavy atom. The van der Waals surface area contributed by atoms with Gasteiger partial charge in [-0.3, -0.25) is 5.43 Å². The van der Waals surface area contributed by atoms with Crippen molar-refractivity contribution in [1.29, 1.82) is 0 Å². The van der Waals surface area contributed by atoms with Crippen molar-refractivity contribution in [3.63, 3.8) is 0 Å². The van der Waals surface area contributed by atoms with E-state index in [4.69, 9.17) is 43.7 Å². The monoisotopic (exact) mass is 567 g/mol. The first-order valence-electron chi connectivity index (χ1n) is 9.83. The molecular weight excluding hydrogens is 553 g/mol. The highest BCUT2D eigenvalue weighted by Crippen LogP contribution is 2.33. The molecule has 0 spiro atoms. The summed E-state index contributed by atoms with van der Waals surface area (Å²) in [6, 6.07) is 15.6. The smallest absolute Gasteiger partial charge is 0.339 e. The lowest BCUT2D eigenvalue weighted by atomic mass is 10.2. The Bertz CT molecular complexity index is 1490. The SMILES string of the molecule is COc1cc(/C=N\Nc2nc(-c3ccc(Cl)cc3Cl)cs2)ccc1OS(=O)(=O)c1ccc(Cl)cc1. The molecule has 7 nitrogen and oxygen atoms in total. The quantitative estimate of drug-likeness (QED) is 0.140. The number of aromatic nitrogens is 1. The second kappa shape index (κ2) is 10.8. The Balaban J connectivity index is 1.45. The largest absolute Gasteiger partial charge is 0.493 e. The number of nitrogens with one attached hydrogen (secondary N) is 1. The van der Waals surface area contributed by atoms with E-state index in [0.29, 0.717) is 31.5 Å². The molecule has 1 N–H and O–H groups in total. The number of nitrogens with zero attached hydrogens (tertiary/aromatic N) is 2. The Morgan fingerprint density at radius 3 is 2.43 bits per heavy atom. The van der Waals surface area contributed by atoms with Gasteiger partial charge in [0.2, 0.25) is 5.13 Å². The molecule has 0 atom stereocenters. The molecule has 3 aromatic carbocycles. The van der Waals surface area contributed by atoms with Gasteiger partial charge in [-0.2, -0.15) is 13.5 Å². The first kappa shape index (κ1) is 25.3. The van der Waals surface area contributed by atoms with Gasteiger partial charge in [0.1, 0.15) is 4.90 Å². The summed E-state index contributed by atoms with van der Waals surface area (Å²) in [7, 11) is -2.65. The van der Waals surface area contributed by atoms with Crippen molar-refractivity contribution in [3.8, 4) is 22.8 Å². The third kappa shape index (κ3) is 6.25. The van der Waals surface area contributed by atoms with Crippen molar-refractivity contribution < 1.29 is 17.3 Å². The highest BCUT2D eigenvalue weighted by atomic mass is 35.5. The van der Waals surface area contributed by atoms with E-state index in [9.17, 15) is 8.42 Å². The molecule has 1 aromatic heterocycles.